The number of ether oxygens (including phenoxy) is 1. The highest BCUT2D eigenvalue weighted by Gasteiger charge is 2.34. The Balaban J connectivity index is 1.64. The molecule has 0 spiro atoms. The van der Waals surface area contributed by atoms with E-state index < -0.39 is 17.7 Å². The van der Waals surface area contributed by atoms with Gasteiger partial charge in [0.2, 0.25) is 11.8 Å². The van der Waals surface area contributed by atoms with Crippen LogP contribution >= 0.6 is 0 Å². The standard InChI is InChI=1S/C16H25N11O4/c1-16(2,3)31-15(30)24-4-5-27(14(29)9-26-11-19-21-23-26)12(7-24)6-17-13(28)8-25-10-18-20-22-25/h10-12H,4-9H2,1-3H3,(H,17,28). The van der Waals surface area contributed by atoms with E-state index in [1.165, 1.54) is 26.9 Å². The lowest BCUT2D eigenvalue weighted by Gasteiger charge is -2.41. The van der Waals surface area contributed by atoms with Gasteiger partial charge in [-0.3, -0.25) is 9.59 Å². The van der Waals surface area contributed by atoms with Crippen molar-refractivity contribution in [2.75, 3.05) is 26.2 Å². The molecule has 3 heterocycles. The molecule has 0 aromatic carbocycles. The molecule has 1 atom stereocenters. The number of carbonyl (C=O) groups is 3. The minimum Gasteiger partial charge on any atom is -0.444 e. The number of tetrazole rings is 2. The number of aromatic nitrogens is 8. The summed E-state index contributed by atoms with van der Waals surface area (Å²) in [5, 5.41) is 24.1. The van der Waals surface area contributed by atoms with Crippen LogP contribution in [0.3, 0.4) is 0 Å². The number of piperazine rings is 1. The van der Waals surface area contributed by atoms with Crippen LogP contribution in [-0.4, -0.2) is 106 Å². The number of hydrogen-bond acceptors (Lipinski definition) is 10. The Bertz CT molecular complexity index is 878. The van der Waals surface area contributed by atoms with Crippen molar-refractivity contribution in [2.24, 2.45) is 0 Å². The van der Waals surface area contributed by atoms with Gasteiger partial charge >= 0.3 is 6.09 Å². The summed E-state index contributed by atoms with van der Waals surface area (Å²) < 4.78 is 8.04. The third kappa shape index (κ3) is 6.42. The first-order chi connectivity index (χ1) is 14.7. The quantitative estimate of drug-likeness (QED) is 0.532. The first-order valence-corrected chi connectivity index (χ1v) is 9.67. The Morgan fingerprint density at radius 1 is 1.03 bits per heavy atom. The Morgan fingerprint density at radius 3 is 2.26 bits per heavy atom. The van der Waals surface area contributed by atoms with E-state index in [1.807, 2.05) is 0 Å². The molecular weight excluding hydrogens is 410 g/mol. The highest BCUT2D eigenvalue weighted by atomic mass is 16.6. The summed E-state index contributed by atoms with van der Waals surface area (Å²) >= 11 is 0. The second kappa shape index (κ2) is 9.44. The van der Waals surface area contributed by atoms with Crippen molar-refractivity contribution >= 4 is 17.9 Å². The van der Waals surface area contributed by atoms with Gasteiger partial charge in [-0.2, -0.15) is 0 Å². The van der Waals surface area contributed by atoms with E-state index in [0.717, 1.165) is 0 Å². The Kier molecular flexibility index (Phi) is 6.71. The van der Waals surface area contributed by atoms with Gasteiger partial charge in [-0.25, -0.2) is 14.2 Å². The molecule has 3 rings (SSSR count). The average Bonchev–Trinajstić information content (AvgIpc) is 3.39. The molecule has 3 amide bonds. The van der Waals surface area contributed by atoms with E-state index in [-0.39, 0.29) is 44.5 Å². The van der Waals surface area contributed by atoms with E-state index in [2.05, 4.69) is 36.4 Å². The van der Waals surface area contributed by atoms with Crippen LogP contribution in [0.5, 0.6) is 0 Å². The third-order valence-electron chi connectivity index (χ3n) is 4.38. The van der Waals surface area contributed by atoms with Crippen LogP contribution in [0.2, 0.25) is 0 Å². The molecule has 15 heteroatoms. The smallest absolute Gasteiger partial charge is 0.410 e. The molecule has 0 aliphatic carbocycles. The molecule has 31 heavy (non-hydrogen) atoms. The van der Waals surface area contributed by atoms with Crippen LogP contribution in [0.25, 0.3) is 0 Å². The first kappa shape index (κ1) is 22.0. The zero-order valence-electron chi connectivity index (χ0n) is 17.6. The van der Waals surface area contributed by atoms with Crippen molar-refractivity contribution in [2.45, 2.75) is 45.5 Å². The van der Waals surface area contributed by atoms with Gasteiger partial charge in [-0.05, 0) is 41.6 Å². The molecule has 1 unspecified atom stereocenters. The van der Waals surface area contributed by atoms with E-state index in [0.29, 0.717) is 6.54 Å². The van der Waals surface area contributed by atoms with Crippen molar-refractivity contribution in [1.82, 2.24) is 55.5 Å². The number of amides is 3. The molecule has 15 nitrogen and oxygen atoms in total. The molecule has 0 radical (unpaired) electrons. The van der Waals surface area contributed by atoms with E-state index in [9.17, 15) is 14.4 Å². The molecular formula is C16H25N11O4. The van der Waals surface area contributed by atoms with Crippen molar-refractivity contribution in [3.05, 3.63) is 12.7 Å². The number of carbonyl (C=O) groups excluding carboxylic acids is 3. The van der Waals surface area contributed by atoms with E-state index in [1.54, 1.807) is 25.7 Å². The summed E-state index contributed by atoms with van der Waals surface area (Å²) in [6.07, 6.45) is 2.20. The largest absolute Gasteiger partial charge is 0.444 e. The lowest BCUT2D eigenvalue weighted by Crippen LogP contribution is -2.60. The minimum atomic E-state index is -0.639. The SMILES string of the molecule is CC(C)(C)OC(=O)N1CCN(C(=O)Cn2cnnn2)C(CNC(=O)Cn2cnnn2)C1. The third-order valence-corrected chi connectivity index (χ3v) is 4.38. The average molecular weight is 435 g/mol. The summed E-state index contributed by atoms with van der Waals surface area (Å²) in [6.45, 7) is 6.19. The van der Waals surface area contributed by atoms with Gasteiger partial charge in [-0.15, -0.1) is 10.2 Å². The van der Waals surface area contributed by atoms with Crippen LogP contribution in [0, 0.1) is 0 Å². The highest BCUT2D eigenvalue weighted by Crippen LogP contribution is 2.15. The van der Waals surface area contributed by atoms with Gasteiger partial charge in [0.25, 0.3) is 0 Å². The summed E-state index contributed by atoms with van der Waals surface area (Å²) in [4.78, 5) is 40.7. The van der Waals surface area contributed by atoms with Crippen molar-refractivity contribution in [3.63, 3.8) is 0 Å². The van der Waals surface area contributed by atoms with Crippen LogP contribution in [0.1, 0.15) is 20.8 Å². The van der Waals surface area contributed by atoms with Gasteiger partial charge in [0.1, 0.15) is 31.3 Å². The number of rotatable bonds is 6. The van der Waals surface area contributed by atoms with Gasteiger partial charge in [0, 0.05) is 26.2 Å². The molecule has 1 N–H and O–H groups in total. The summed E-state index contributed by atoms with van der Waals surface area (Å²) in [6, 6.07) is -0.455. The number of nitrogens with one attached hydrogen (secondary N) is 1. The molecule has 2 aromatic rings. The fraction of sp³-hybridized carbons (Fsp3) is 0.688. The Labute approximate surface area is 177 Å². The maximum Gasteiger partial charge on any atom is 0.410 e. The molecule has 1 fully saturated rings. The van der Waals surface area contributed by atoms with Crippen molar-refractivity contribution < 1.29 is 19.1 Å². The zero-order valence-corrected chi connectivity index (χ0v) is 17.6. The predicted molar refractivity (Wildman–Crippen MR) is 102 cm³/mol. The zero-order chi connectivity index (χ0) is 22.4. The van der Waals surface area contributed by atoms with Crippen LogP contribution in [0.4, 0.5) is 4.79 Å². The highest BCUT2D eigenvalue weighted by molar-refractivity contribution is 5.78. The molecule has 1 aliphatic rings. The monoisotopic (exact) mass is 435 g/mol. The lowest BCUT2D eigenvalue weighted by atomic mass is 10.1. The predicted octanol–water partition coefficient (Wildman–Crippen LogP) is -2.08. The molecule has 2 aromatic heterocycles. The van der Waals surface area contributed by atoms with Gasteiger partial charge in [0.15, 0.2) is 0 Å². The first-order valence-electron chi connectivity index (χ1n) is 9.67. The molecule has 1 aliphatic heterocycles. The fourth-order valence-corrected chi connectivity index (χ4v) is 3.02. The van der Waals surface area contributed by atoms with Crippen LogP contribution in [-0.2, 0) is 27.4 Å². The molecule has 168 valence electrons. The van der Waals surface area contributed by atoms with E-state index >= 15 is 0 Å². The second-order valence-corrected chi connectivity index (χ2v) is 7.99. The van der Waals surface area contributed by atoms with E-state index in [4.69, 9.17) is 4.74 Å². The molecule has 0 saturated carbocycles. The molecule has 0 bridgehead atoms. The lowest BCUT2D eigenvalue weighted by molar-refractivity contribution is -0.137. The van der Waals surface area contributed by atoms with Crippen molar-refractivity contribution in [1.29, 1.82) is 0 Å². The minimum absolute atomic E-state index is 0.0471. The summed E-state index contributed by atoms with van der Waals surface area (Å²) in [5.41, 5.74) is -0.639. The van der Waals surface area contributed by atoms with Gasteiger partial charge in [0.05, 0.1) is 6.04 Å². The van der Waals surface area contributed by atoms with Gasteiger partial charge in [-0.1, -0.05) is 0 Å². The Morgan fingerprint density at radius 2 is 1.68 bits per heavy atom. The Hall–Kier alpha value is -3.65. The summed E-state index contributed by atoms with van der Waals surface area (Å²) in [7, 11) is 0. The summed E-state index contributed by atoms with van der Waals surface area (Å²) in [5.74, 6) is -0.551. The number of nitrogens with zero attached hydrogens (tertiary/aromatic N) is 10. The van der Waals surface area contributed by atoms with Crippen LogP contribution in [0.15, 0.2) is 12.7 Å². The van der Waals surface area contributed by atoms with Crippen LogP contribution < -0.4 is 5.32 Å². The van der Waals surface area contributed by atoms with Gasteiger partial charge < -0.3 is 19.9 Å². The normalized spacial score (nSPS) is 16.8. The topological polar surface area (TPSA) is 166 Å². The maximum atomic E-state index is 12.8. The fourth-order valence-electron chi connectivity index (χ4n) is 3.02. The number of hydrogen-bond donors (Lipinski definition) is 1. The maximum absolute atomic E-state index is 12.8. The molecule has 1 saturated heterocycles. The van der Waals surface area contributed by atoms with Crippen molar-refractivity contribution in [3.8, 4) is 0 Å². The second-order valence-electron chi connectivity index (χ2n) is 7.99.